The average molecular weight is 437 g/mol. The maximum atomic E-state index is 12.3. The number of nitro groups is 1. The fourth-order valence-corrected chi connectivity index (χ4v) is 3.19. The second-order valence-electron chi connectivity index (χ2n) is 7.14. The van der Waals surface area contributed by atoms with Crippen molar-refractivity contribution in [2.24, 2.45) is 0 Å². The molecule has 9 heteroatoms. The number of hydrogen-bond acceptors (Lipinski definition) is 7. The van der Waals surface area contributed by atoms with Crippen molar-refractivity contribution in [2.75, 3.05) is 20.3 Å². The molecule has 0 aromatic heterocycles. The molecule has 0 radical (unpaired) electrons. The minimum Gasteiger partial charge on any atom is -0.493 e. The molecule has 1 fully saturated rings. The Morgan fingerprint density at radius 2 is 2.09 bits per heavy atom. The second-order valence-corrected chi connectivity index (χ2v) is 7.14. The number of hydrogen-bond donors (Lipinski definition) is 1. The van der Waals surface area contributed by atoms with E-state index in [-0.39, 0.29) is 24.0 Å². The van der Waals surface area contributed by atoms with Crippen molar-refractivity contribution in [1.82, 2.24) is 5.32 Å². The summed E-state index contributed by atoms with van der Waals surface area (Å²) in [5.74, 6) is 0.433. The molecule has 0 bridgehead atoms. The Labute approximate surface area is 185 Å². The zero-order valence-electron chi connectivity index (χ0n) is 17.6. The number of benzene rings is 2. The van der Waals surface area contributed by atoms with Gasteiger partial charge in [-0.05, 0) is 54.3 Å². The molecule has 2 aromatic rings. The molecule has 1 N–H and O–H groups in total. The molecule has 1 aliphatic rings. The minimum absolute atomic E-state index is 0.00818. The van der Waals surface area contributed by atoms with Gasteiger partial charge in [-0.2, -0.15) is 5.26 Å². The summed E-state index contributed by atoms with van der Waals surface area (Å²) >= 11 is 0. The number of rotatable bonds is 9. The van der Waals surface area contributed by atoms with Crippen LogP contribution >= 0.6 is 0 Å². The number of nitrogens with zero attached hydrogens (tertiary/aromatic N) is 2. The molecule has 0 saturated carbocycles. The number of non-ortho nitro benzene ring substituents is 1. The highest BCUT2D eigenvalue weighted by Gasteiger charge is 2.18. The van der Waals surface area contributed by atoms with Gasteiger partial charge in [0.25, 0.3) is 11.6 Å². The van der Waals surface area contributed by atoms with Crippen LogP contribution in [0.15, 0.2) is 48.0 Å². The molecular weight excluding hydrogens is 414 g/mol. The smallest absolute Gasteiger partial charge is 0.269 e. The third-order valence-electron chi connectivity index (χ3n) is 4.92. The number of ether oxygens (including phenoxy) is 3. The highest BCUT2D eigenvalue weighted by atomic mass is 16.6. The third kappa shape index (κ3) is 6.06. The molecule has 0 unspecified atom stereocenters. The van der Waals surface area contributed by atoms with Gasteiger partial charge in [0.2, 0.25) is 0 Å². The molecule has 166 valence electrons. The van der Waals surface area contributed by atoms with E-state index in [9.17, 15) is 20.2 Å². The Kier molecular flexibility index (Phi) is 7.78. The Balaban J connectivity index is 1.65. The van der Waals surface area contributed by atoms with E-state index in [1.165, 1.54) is 25.3 Å². The first-order chi connectivity index (χ1) is 15.5. The van der Waals surface area contributed by atoms with Crippen LogP contribution in [0, 0.1) is 21.4 Å². The Bertz CT molecular complexity index is 1040. The van der Waals surface area contributed by atoms with Crippen LogP contribution in [0.4, 0.5) is 5.69 Å². The first-order valence-corrected chi connectivity index (χ1v) is 10.1. The highest BCUT2D eigenvalue weighted by Crippen LogP contribution is 2.30. The predicted molar refractivity (Wildman–Crippen MR) is 116 cm³/mol. The van der Waals surface area contributed by atoms with Crippen molar-refractivity contribution in [3.05, 3.63) is 69.3 Å². The standard InChI is InChI=1S/C23H23N3O6/c1-30-22-12-17(11-18(13-24)23(27)25-14-20-3-2-10-31-20)6-9-21(22)32-15-16-4-7-19(8-5-16)26(28)29/h4-9,11-12,20H,2-3,10,14-15H2,1H3,(H,25,27)/b18-11+/t20-/m1/s1. The quantitative estimate of drug-likeness (QED) is 0.276. The molecule has 1 heterocycles. The van der Waals surface area contributed by atoms with E-state index in [4.69, 9.17) is 14.2 Å². The molecule has 3 rings (SSSR count). The van der Waals surface area contributed by atoms with Crippen LogP contribution in [0.25, 0.3) is 6.08 Å². The number of nitro benzene ring substituents is 1. The van der Waals surface area contributed by atoms with Gasteiger partial charge in [-0.15, -0.1) is 0 Å². The third-order valence-corrected chi connectivity index (χ3v) is 4.92. The Morgan fingerprint density at radius 1 is 1.31 bits per heavy atom. The van der Waals surface area contributed by atoms with Gasteiger partial charge in [0, 0.05) is 25.3 Å². The molecule has 2 aromatic carbocycles. The number of carbonyl (C=O) groups is 1. The molecule has 0 aliphatic carbocycles. The summed E-state index contributed by atoms with van der Waals surface area (Å²) in [6.45, 7) is 1.26. The van der Waals surface area contributed by atoms with Gasteiger partial charge >= 0.3 is 0 Å². The lowest BCUT2D eigenvalue weighted by atomic mass is 10.1. The van der Waals surface area contributed by atoms with Crippen molar-refractivity contribution in [3.8, 4) is 17.6 Å². The number of amides is 1. The fraction of sp³-hybridized carbons (Fsp3) is 0.304. The predicted octanol–water partition coefficient (Wildman–Crippen LogP) is 3.38. The number of methoxy groups -OCH3 is 1. The summed E-state index contributed by atoms with van der Waals surface area (Å²) < 4.78 is 16.6. The van der Waals surface area contributed by atoms with E-state index in [2.05, 4.69) is 5.32 Å². The molecule has 0 spiro atoms. The van der Waals surface area contributed by atoms with Crippen LogP contribution in [0.3, 0.4) is 0 Å². The molecule has 1 saturated heterocycles. The van der Waals surface area contributed by atoms with Crippen LogP contribution in [0.5, 0.6) is 11.5 Å². The molecule has 32 heavy (non-hydrogen) atoms. The zero-order valence-corrected chi connectivity index (χ0v) is 17.6. The number of nitriles is 1. The van der Waals surface area contributed by atoms with Crippen molar-refractivity contribution in [2.45, 2.75) is 25.6 Å². The van der Waals surface area contributed by atoms with Gasteiger partial charge in [-0.1, -0.05) is 6.07 Å². The normalized spacial score (nSPS) is 15.6. The van der Waals surface area contributed by atoms with E-state index >= 15 is 0 Å². The van der Waals surface area contributed by atoms with Crippen LogP contribution in [-0.2, 0) is 16.1 Å². The van der Waals surface area contributed by atoms with Crippen LogP contribution in [-0.4, -0.2) is 37.2 Å². The van der Waals surface area contributed by atoms with Crippen LogP contribution in [0.1, 0.15) is 24.0 Å². The Hall–Kier alpha value is -3.90. The van der Waals surface area contributed by atoms with Crippen LogP contribution < -0.4 is 14.8 Å². The van der Waals surface area contributed by atoms with Gasteiger partial charge in [0.05, 0.1) is 18.1 Å². The molecule has 1 aliphatic heterocycles. The average Bonchev–Trinajstić information content (AvgIpc) is 3.34. The summed E-state index contributed by atoms with van der Waals surface area (Å²) in [6.07, 6.45) is 3.34. The maximum absolute atomic E-state index is 12.3. The number of nitrogens with one attached hydrogen (secondary N) is 1. The van der Waals surface area contributed by atoms with E-state index < -0.39 is 10.8 Å². The fourth-order valence-electron chi connectivity index (χ4n) is 3.19. The summed E-state index contributed by atoms with van der Waals surface area (Å²) in [5.41, 5.74) is 1.35. The number of carbonyl (C=O) groups excluding carboxylic acids is 1. The van der Waals surface area contributed by atoms with Gasteiger partial charge in [-0.3, -0.25) is 14.9 Å². The van der Waals surface area contributed by atoms with E-state index in [1.54, 1.807) is 30.3 Å². The minimum atomic E-state index is -0.460. The molecule has 1 atom stereocenters. The largest absolute Gasteiger partial charge is 0.493 e. The maximum Gasteiger partial charge on any atom is 0.269 e. The topological polar surface area (TPSA) is 124 Å². The van der Waals surface area contributed by atoms with Crippen molar-refractivity contribution < 1.29 is 23.9 Å². The van der Waals surface area contributed by atoms with E-state index in [1.807, 2.05) is 6.07 Å². The lowest BCUT2D eigenvalue weighted by molar-refractivity contribution is -0.384. The monoisotopic (exact) mass is 437 g/mol. The molecular formula is C23H23N3O6. The Morgan fingerprint density at radius 3 is 2.72 bits per heavy atom. The van der Waals surface area contributed by atoms with Gasteiger partial charge in [0.1, 0.15) is 18.2 Å². The first kappa shape index (κ1) is 22.8. The highest BCUT2D eigenvalue weighted by molar-refractivity contribution is 6.01. The van der Waals surface area contributed by atoms with Gasteiger partial charge in [0.15, 0.2) is 11.5 Å². The van der Waals surface area contributed by atoms with E-state index in [0.29, 0.717) is 30.2 Å². The summed E-state index contributed by atoms with van der Waals surface area (Å²) in [6, 6.07) is 13.0. The summed E-state index contributed by atoms with van der Waals surface area (Å²) in [4.78, 5) is 22.6. The van der Waals surface area contributed by atoms with Crippen molar-refractivity contribution in [3.63, 3.8) is 0 Å². The lowest BCUT2D eigenvalue weighted by Gasteiger charge is -2.12. The zero-order chi connectivity index (χ0) is 22.9. The summed E-state index contributed by atoms with van der Waals surface area (Å²) in [5, 5.41) is 22.9. The molecule has 1 amide bonds. The SMILES string of the molecule is COc1cc(/C=C(\C#N)C(=O)NC[C@H]2CCCO2)ccc1OCc1ccc([N+](=O)[O-])cc1. The van der Waals surface area contributed by atoms with Gasteiger partial charge in [-0.25, -0.2) is 0 Å². The lowest BCUT2D eigenvalue weighted by Crippen LogP contribution is -2.32. The second kappa shape index (κ2) is 10.9. The summed E-state index contributed by atoms with van der Waals surface area (Å²) in [7, 11) is 1.49. The van der Waals surface area contributed by atoms with E-state index in [0.717, 1.165) is 18.4 Å². The first-order valence-electron chi connectivity index (χ1n) is 10.1. The van der Waals surface area contributed by atoms with Crippen LogP contribution in [0.2, 0.25) is 0 Å². The molecule has 9 nitrogen and oxygen atoms in total. The van der Waals surface area contributed by atoms with Crippen molar-refractivity contribution in [1.29, 1.82) is 5.26 Å². The van der Waals surface area contributed by atoms with Gasteiger partial charge < -0.3 is 19.5 Å². The van der Waals surface area contributed by atoms with Crippen molar-refractivity contribution >= 4 is 17.7 Å².